The predicted octanol–water partition coefficient (Wildman–Crippen LogP) is 4.68. The van der Waals surface area contributed by atoms with Gasteiger partial charge in [-0.3, -0.25) is 4.55 Å². The van der Waals surface area contributed by atoms with Gasteiger partial charge in [0.15, 0.2) is 0 Å². The molecule has 0 heterocycles. The summed E-state index contributed by atoms with van der Waals surface area (Å²) in [4.78, 5) is 0. The van der Waals surface area contributed by atoms with Crippen LogP contribution in [0.5, 0.6) is 0 Å². The zero-order valence-corrected chi connectivity index (χ0v) is 15.3. The second-order valence-corrected chi connectivity index (χ2v) is 10.9. The average Bonchev–Trinajstić information content (AvgIpc) is 2.86. The fourth-order valence-electron chi connectivity index (χ4n) is 7.68. The van der Waals surface area contributed by atoms with Crippen LogP contribution in [0.1, 0.15) is 77.6 Å². The highest BCUT2D eigenvalue weighted by molar-refractivity contribution is 7.85. The molecule has 132 valence electrons. The summed E-state index contributed by atoms with van der Waals surface area (Å²) in [5, 5.41) is 0. The van der Waals surface area contributed by atoms with E-state index in [1.807, 2.05) is 0 Å². The van der Waals surface area contributed by atoms with E-state index in [1.165, 1.54) is 57.8 Å². The SMILES string of the molecule is C[C@@]12CCC[C@H]1[C@@H]1CC[C@H]3CCCC[C@]3(CS(=O)(=O)O)[C@H]1CC2. The largest absolute Gasteiger partial charge is 0.286 e. The van der Waals surface area contributed by atoms with Gasteiger partial charge in [0.05, 0.1) is 5.75 Å². The van der Waals surface area contributed by atoms with E-state index in [0.717, 1.165) is 18.8 Å². The lowest BCUT2D eigenvalue weighted by Crippen LogP contribution is -2.55. The third kappa shape index (κ3) is 2.59. The third-order valence-corrected chi connectivity index (χ3v) is 9.42. The van der Waals surface area contributed by atoms with Gasteiger partial charge in [0.1, 0.15) is 0 Å². The highest BCUT2D eigenvalue weighted by atomic mass is 32.2. The molecular weight excluding hydrogens is 308 g/mol. The summed E-state index contributed by atoms with van der Waals surface area (Å²) in [6.45, 7) is 2.49. The number of fused-ring (bicyclic) bond motifs is 5. The smallest absolute Gasteiger partial charge is 0.265 e. The Labute approximate surface area is 141 Å². The monoisotopic (exact) mass is 340 g/mol. The molecule has 1 N–H and O–H groups in total. The molecule has 0 aliphatic heterocycles. The van der Waals surface area contributed by atoms with Crippen LogP contribution in [0.15, 0.2) is 0 Å². The van der Waals surface area contributed by atoms with Crippen molar-refractivity contribution >= 4 is 10.1 Å². The van der Waals surface area contributed by atoms with Gasteiger partial charge in [-0.05, 0) is 85.9 Å². The van der Waals surface area contributed by atoms with Crippen molar-refractivity contribution in [3.8, 4) is 0 Å². The first-order valence-corrected chi connectivity index (χ1v) is 11.4. The average molecular weight is 341 g/mol. The van der Waals surface area contributed by atoms with Crippen molar-refractivity contribution in [3.63, 3.8) is 0 Å². The molecule has 4 aliphatic carbocycles. The summed E-state index contributed by atoms with van der Waals surface area (Å²) in [6.07, 6.45) is 13.7. The molecule has 3 nitrogen and oxygen atoms in total. The van der Waals surface area contributed by atoms with Gasteiger partial charge in [0.25, 0.3) is 10.1 Å². The Balaban J connectivity index is 1.71. The first-order chi connectivity index (χ1) is 10.8. The second-order valence-electron chi connectivity index (χ2n) is 9.44. The minimum absolute atomic E-state index is 0.0370. The molecule has 0 radical (unpaired) electrons. The van der Waals surface area contributed by atoms with Crippen molar-refractivity contribution in [3.05, 3.63) is 0 Å². The van der Waals surface area contributed by atoms with Gasteiger partial charge in [-0.15, -0.1) is 0 Å². The minimum atomic E-state index is -3.89. The van der Waals surface area contributed by atoms with E-state index in [-0.39, 0.29) is 11.2 Å². The zero-order valence-electron chi connectivity index (χ0n) is 14.5. The van der Waals surface area contributed by atoms with E-state index in [4.69, 9.17) is 0 Å². The lowest BCUT2D eigenvalue weighted by Gasteiger charge is -2.60. The fourth-order valence-corrected chi connectivity index (χ4v) is 8.96. The van der Waals surface area contributed by atoms with Gasteiger partial charge in [0.2, 0.25) is 0 Å². The Morgan fingerprint density at radius 1 is 0.913 bits per heavy atom. The van der Waals surface area contributed by atoms with Gasteiger partial charge >= 0.3 is 0 Å². The van der Waals surface area contributed by atoms with Gasteiger partial charge in [0, 0.05) is 0 Å². The molecule has 4 rings (SSSR count). The molecule has 0 saturated heterocycles. The van der Waals surface area contributed by atoms with E-state index < -0.39 is 10.1 Å². The van der Waals surface area contributed by atoms with Crippen LogP contribution in [0.2, 0.25) is 0 Å². The van der Waals surface area contributed by atoms with Crippen LogP contribution >= 0.6 is 0 Å². The third-order valence-electron chi connectivity index (χ3n) is 8.51. The van der Waals surface area contributed by atoms with Crippen molar-refractivity contribution in [2.24, 2.45) is 34.5 Å². The Morgan fingerprint density at radius 2 is 1.74 bits per heavy atom. The van der Waals surface area contributed by atoms with Crippen molar-refractivity contribution in [1.82, 2.24) is 0 Å². The van der Waals surface area contributed by atoms with Crippen molar-refractivity contribution in [1.29, 1.82) is 0 Å². The highest BCUT2D eigenvalue weighted by Crippen LogP contribution is 2.66. The molecule has 4 heteroatoms. The van der Waals surface area contributed by atoms with Crippen LogP contribution < -0.4 is 0 Å². The molecule has 0 aromatic carbocycles. The van der Waals surface area contributed by atoms with E-state index in [2.05, 4.69) is 6.92 Å². The first-order valence-electron chi connectivity index (χ1n) is 9.79. The van der Waals surface area contributed by atoms with E-state index >= 15 is 0 Å². The van der Waals surface area contributed by atoms with E-state index in [1.54, 1.807) is 0 Å². The standard InChI is InChI=1S/C19H32O3S/c1-18-10-4-6-16(18)15-8-7-14-5-2-3-11-19(14,13-23(20,21)22)17(15)9-12-18/h14-17H,2-13H2,1H3,(H,20,21,22)/t14-,15+,16+,17+,18+,19-/m1/s1. The summed E-state index contributed by atoms with van der Waals surface area (Å²) >= 11 is 0. The predicted molar refractivity (Wildman–Crippen MR) is 91.7 cm³/mol. The maximum Gasteiger partial charge on any atom is 0.265 e. The molecular formula is C19H32O3S. The van der Waals surface area contributed by atoms with E-state index in [0.29, 0.717) is 23.2 Å². The van der Waals surface area contributed by atoms with Gasteiger partial charge < -0.3 is 0 Å². The van der Waals surface area contributed by atoms with Gasteiger partial charge in [-0.25, -0.2) is 0 Å². The second kappa shape index (κ2) is 5.45. The molecule has 4 aliphatic rings. The molecule has 0 aromatic rings. The Bertz CT molecular complexity index is 571. The lowest BCUT2D eigenvalue weighted by molar-refractivity contribution is -0.101. The molecule has 0 unspecified atom stereocenters. The molecule has 23 heavy (non-hydrogen) atoms. The summed E-state index contributed by atoms with van der Waals surface area (Å²) in [5.74, 6) is 2.63. The maximum absolute atomic E-state index is 11.9. The van der Waals surface area contributed by atoms with Crippen LogP contribution in [0, 0.1) is 34.5 Å². The summed E-state index contributed by atoms with van der Waals surface area (Å²) in [5.41, 5.74) is 0.403. The van der Waals surface area contributed by atoms with Crippen LogP contribution in [0.4, 0.5) is 0 Å². The van der Waals surface area contributed by atoms with Crippen LogP contribution in [-0.4, -0.2) is 18.7 Å². The molecule has 0 aromatic heterocycles. The van der Waals surface area contributed by atoms with Crippen LogP contribution in [0.25, 0.3) is 0 Å². The Hall–Kier alpha value is -0.0900. The van der Waals surface area contributed by atoms with Crippen LogP contribution in [-0.2, 0) is 10.1 Å². The Kier molecular flexibility index (Phi) is 3.88. The molecule has 6 atom stereocenters. The van der Waals surface area contributed by atoms with Crippen molar-refractivity contribution in [2.45, 2.75) is 77.6 Å². The summed E-state index contributed by atoms with van der Waals surface area (Å²) < 4.78 is 33.4. The fraction of sp³-hybridized carbons (Fsp3) is 1.00. The van der Waals surface area contributed by atoms with Gasteiger partial charge in [-0.1, -0.05) is 26.2 Å². The zero-order chi connectivity index (χ0) is 16.3. The molecule has 0 bridgehead atoms. The normalized spacial score (nSPS) is 50.0. The summed E-state index contributed by atoms with van der Waals surface area (Å²) in [7, 11) is -3.89. The minimum Gasteiger partial charge on any atom is -0.286 e. The number of hydrogen-bond acceptors (Lipinski definition) is 2. The maximum atomic E-state index is 11.9. The number of rotatable bonds is 2. The number of hydrogen-bond donors (Lipinski definition) is 1. The van der Waals surface area contributed by atoms with Gasteiger partial charge in [-0.2, -0.15) is 8.42 Å². The Morgan fingerprint density at radius 3 is 2.52 bits per heavy atom. The summed E-state index contributed by atoms with van der Waals surface area (Å²) in [6, 6.07) is 0. The molecule has 4 fully saturated rings. The highest BCUT2D eigenvalue weighted by Gasteiger charge is 2.59. The lowest BCUT2D eigenvalue weighted by atomic mass is 9.45. The molecule has 4 saturated carbocycles. The quantitative estimate of drug-likeness (QED) is 0.743. The van der Waals surface area contributed by atoms with Crippen molar-refractivity contribution < 1.29 is 13.0 Å². The van der Waals surface area contributed by atoms with E-state index in [9.17, 15) is 13.0 Å². The molecule has 0 spiro atoms. The topological polar surface area (TPSA) is 54.4 Å². The van der Waals surface area contributed by atoms with Crippen molar-refractivity contribution in [2.75, 3.05) is 5.75 Å². The molecule has 0 amide bonds. The van der Waals surface area contributed by atoms with Crippen LogP contribution in [0.3, 0.4) is 0 Å². The first kappa shape index (κ1) is 16.4.